The lowest BCUT2D eigenvalue weighted by atomic mass is 10.3. The van der Waals surface area contributed by atoms with E-state index in [2.05, 4.69) is 40.4 Å². The Morgan fingerprint density at radius 2 is 2.28 bits per heavy atom. The summed E-state index contributed by atoms with van der Waals surface area (Å²) in [7, 11) is 2.14. The summed E-state index contributed by atoms with van der Waals surface area (Å²) in [6, 6.07) is 1.99. The maximum atomic E-state index is 4.51. The highest BCUT2D eigenvalue weighted by Crippen LogP contribution is 2.05. The van der Waals surface area contributed by atoms with Crippen LogP contribution < -0.4 is 5.32 Å². The van der Waals surface area contributed by atoms with Crippen molar-refractivity contribution in [3.63, 3.8) is 0 Å². The smallest absolute Gasteiger partial charge is 0.222 e. The van der Waals surface area contributed by atoms with Crippen LogP contribution in [0.5, 0.6) is 0 Å². The molecule has 0 unspecified atom stereocenters. The second-order valence-electron chi connectivity index (χ2n) is 4.38. The van der Waals surface area contributed by atoms with E-state index in [1.165, 1.54) is 12.2 Å². The van der Waals surface area contributed by atoms with Gasteiger partial charge in [-0.05, 0) is 44.5 Å². The third-order valence-electron chi connectivity index (χ3n) is 2.57. The summed E-state index contributed by atoms with van der Waals surface area (Å²) in [5.41, 5.74) is 1.08. The molecule has 0 bridgehead atoms. The maximum absolute atomic E-state index is 4.51. The first-order valence-corrected chi connectivity index (χ1v) is 7.89. The molecule has 102 valence electrons. The van der Waals surface area contributed by atoms with Crippen LogP contribution in [0.25, 0.3) is 0 Å². The molecule has 0 saturated carbocycles. The number of thioether (sulfide) groups is 1. The zero-order chi connectivity index (χ0) is 13.2. The molecule has 1 heterocycles. The molecular weight excluding hydrogens is 244 g/mol. The van der Waals surface area contributed by atoms with Gasteiger partial charge in [-0.15, -0.1) is 0 Å². The van der Waals surface area contributed by atoms with E-state index in [0.29, 0.717) is 0 Å². The predicted molar refractivity (Wildman–Crippen MR) is 80.1 cm³/mol. The van der Waals surface area contributed by atoms with Gasteiger partial charge in [0.1, 0.15) is 0 Å². The van der Waals surface area contributed by atoms with Crippen molar-refractivity contribution in [2.75, 3.05) is 37.5 Å². The van der Waals surface area contributed by atoms with E-state index >= 15 is 0 Å². The second kappa shape index (κ2) is 9.16. The fraction of sp³-hybridized carbons (Fsp3) is 0.692. The van der Waals surface area contributed by atoms with Crippen LogP contribution in [0.1, 0.15) is 25.5 Å². The number of nitrogens with one attached hydrogen (secondary N) is 1. The van der Waals surface area contributed by atoms with Crippen molar-refractivity contribution in [1.82, 2.24) is 14.9 Å². The number of hydrogen-bond donors (Lipinski definition) is 1. The summed E-state index contributed by atoms with van der Waals surface area (Å²) in [6.45, 7) is 5.06. The summed E-state index contributed by atoms with van der Waals surface area (Å²) < 4.78 is 0. The van der Waals surface area contributed by atoms with Crippen molar-refractivity contribution in [2.24, 2.45) is 0 Å². The van der Waals surface area contributed by atoms with Crippen LogP contribution in [0.15, 0.2) is 12.3 Å². The average molecular weight is 268 g/mol. The first-order valence-electron chi connectivity index (χ1n) is 6.49. The fourth-order valence-electron chi connectivity index (χ4n) is 1.64. The van der Waals surface area contributed by atoms with Crippen molar-refractivity contribution < 1.29 is 0 Å². The molecule has 4 nitrogen and oxygen atoms in total. The molecule has 18 heavy (non-hydrogen) atoms. The lowest BCUT2D eigenvalue weighted by Crippen LogP contribution is -2.20. The Morgan fingerprint density at radius 1 is 1.44 bits per heavy atom. The van der Waals surface area contributed by atoms with Gasteiger partial charge in [0.05, 0.1) is 5.69 Å². The average Bonchev–Trinajstić information content (AvgIpc) is 2.37. The molecule has 1 N–H and O–H groups in total. The van der Waals surface area contributed by atoms with Gasteiger partial charge in [0, 0.05) is 19.3 Å². The van der Waals surface area contributed by atoms with Gasteiger partial charge in [0.15, 0.2) is 0 Å². The molecule has 0 atom stereocenters. The van der Waals surface area contributed by atoms with E-state index < -0.39 is 0 Å². The third kappa shape index (κ3) is 6.21. The molecule has 1 aromatic heterocycles. The van der Waals surface area contributed by atoms with E-state index in [-0.39, 0.29) is 0 Å². The van der Waals surface area contributed by atoms with Crippen molar-refractivity contribution in [3.05, 3.63) is 18.0 Å². The Bertz CT molecular complexity index is 333. The summed E-state index contributed by atoms with van der Waals surface area (Å²) in [5, 5.41) is 3.22. The lowest BCUT2D eigenvalue weighted by Gasteiger charge is -2.16. The van der Waals surface area contributed by atoms with Gasteiger partial charge in [-0.2, -0.15) is 11.8 Å². The Hall–Kier alpha value is -0.810. The molecule has 0 aliphatic heterocycles. The van der Waals surface area contributed by atoms with Gasteiger partial charge >= 0.3 is 0 Å². The van der Waals surface area contributed by atoms with Gasteiger partial charge in [-0.3, -0.25) is 0 Å². The first-order chi connectivity index (χ1) is 8.76. The van der Waals surface area contributed by atoms with E-state index in [4.69, 9.17) is 0 Å². The zero-order valence-corrected chi connectivity index (χ0v) is 12.5. The Labute approximate surface area is 115 Å². The summed E-state index contributed by atoms with van der Waals surface area (Å²) >= 11 is 1.90. The summed E-state index contributed by atoms with van der Waals surface area (Å²) in [4.78, 5) is 11.0. The molecule has 0 spiro atoms. The Balaban J connectivity index is 2.40. The summed E-state index contributed by atoms with van der Waals surface area (Å²) in [5.74, 6) is 1.96. The topological polar surface area (TPSA) is 41.1 Å². The number of anilines is 1. The van der Waals surface area contributed by atoms with Crippen molar-refractivity contribution in [3.8, 4) is 0 Å². The molecule has 5 heteroatoms. The fourth-order valence-corrected chi connectivity index (χ4v) is 2.06. The van der Waals surface area contributed by atoms with Crippen LogP contribution in [0.2, 0.25) is 0 Å². The Kier molecular flexibility index (Phi) is 7.76. The number of aromatic nitrogens is 2. The number of hydrogen-bond acceptors (Lipinski definition) is 5. The van der Waals surface area contributed by atoms with Crippen LogP contribution in [0.4, 0.5) is 5.95 Å². The van der Waals surface area contributed by atoms with Crippen LogP contribution >= 0.6 is 11.8 Å². The van der Waals surface area contributed by atoms with Crippen LogP contribution in [0, 0.1) is 0 Å². The predicted octanol–water partition coefficient (Wildman–Crippen LogP) is 2.48. The molecule has 0 fully saturated rings. The van der Waals surface area contributed by atoms with Gasteiger partial charge in [0.2, 0.25) is 5.95 Å². The zero-order valence-electron chi connectivity index (χ0n) is 11.6. The number of nitrogens with zero attached hydrogens (tertiary/aromatic N) is 3. The monoisotopic (exact) mass is 268 g/mol. The van der Waals surface area contributed by atoms with E-state index in [0.717, 1.165) is 37.7 Å². The second-order valence-corrected chi connectivity index (χ2v) is 5.37. The highest BCUT2D eigenvalue weighted by molar-refractivity contribution is 7.98. The summed E-state index contributed by atoms with van der Waals surface area (Å²) in [6.07, 6.45) is 6.29. The Morgan fingerprint density at radius 3 is 3.00 bits per heavy atom. The standard InChI is InChI=1S/C13H24N4S/c1-4-7-14-13-15-8-6-12(16-13)11-17(2)9-5-10-18-3/h6,8H,4-5,7,9-11H2,1-3H3,(H,14,15,16). The highest BCUT2D eigenvalue weighted by Gasteiger charge is 2.03. The molecular formula is C13H24N4S. The normalized spacial score (nSPS) is 10.9. The molecule has 0 saturated heterocycles. The highest BCUT2D eigenvalue weighted by atomic mass is 32.2. The van der Waals surface area contributed by atoms with E-state index in [9.17, 15) is 0 Å². The van der Waals surface area contributed by atoms with Gasteiger partial charge < -0.3 is 10.2 Å². The van der Waals surface area contributed by atoms with Crippen LogP contribution in [0.3, 0.4) is 0 Å². The molecule has 0 amide bonds. The minimum Gasteiger partial charge on any atom is -0.354 e. The molecule has 0 radical (unpaired) electrons. The van der Waals surface area contributed by atoms with E-state index in [1.807, 2.05) is 24.0 Å². The first kappa shape index (κ1) is 15.2. The lowest BCUT2D eigenvalue weighted by molar-refractivity contribution is 0.324. The minimum atomic E-state index is 0.742. The molecule has 0 aromatic carbocycles. The number of rotatable bonds is 9. The SMILES string of the molecule is CCCNc1nccc(CN(C)CCCSC)n1. The maximum Gasteiger partial charge on any atom is 0.222 e. The van der Waals surface area contributed by atoms with Crippen molar-refractivity contribution >= 4 is 17.7 Å². The molecule has 0 aliphatic carbocycles. The van der Waals surface area contributed by atoms with Crippen LogP contribution in [-0.4, -0.2) is 47.0 Å². The van der Waals surface area contributed by atoms with Gasteiger partial charge in [-0.25, -0.2) is 9.97 Å². The molecule has 1 aromatic rings. The third-order valence-corrected chi connectivity index (χ3v) is 3.26. The van der Waals surface area contributed by atoms with E-state index in [1.54, 1.807) is 0 Å². The van der Waals surface area contributed by atoms with Crippen molar-refractivity contribution in [1.29, 1.82) is 0 Å². The van der Waals surface area contributed by atoms with Crippen LogP contribution in [-0.2, 0) is 6.54 Å². The quantitative estimate of drug-likeness (QED) is 0.697. The van der Waals surface area contributed by atoms with Gasteiger partial charge in [-0.1, -0.05) is 6.92 Å². The van der Waals surface area contributed by atoms with Gasteiger partial charge in [0.25, 0.3) is 0 Å². The molecule has 1 rings (SSSR count). The van der Waals surface area contributed by atoms with Crippen molar-refractivity contribution in [2.45, 2.75) is 26.3 Å². The largest absolute Gasteiger partial charge is 0.354 e. The molecule has 0 aliphatic rings. The minimum absolute atomic E-state index is 0.742.